The summed E-state index contributed by atoms with van der Waals surface area (Å²) >= 11 is 1.27. The van der Waals surface area contributed by atoms with Crippen molar-refractivity contribution < 1.29 is 22.8 Å². The Balaban J connectivity index is 1.93. The van der Waals surface area contributed by atoms with Crippen molar-refractivity contribution in [2.45, 2.75) is 11.6 Å². The van der Waals surface area contributed by atoms with Crippen LogP contribution in [0.15, 0.2) is 35.4 Å². The van der Waals surface area contributed by atoms with Crippen LogP contribution in [0.5, 0.6) is 0 Å². The number of hydrogen-bond acceptors (Lipinski definition) is 4. The molecule has 0 radical (unpaired) electrons. The van der Waals surface area contributed by atoms with E-state index in [9.17, 15) is 18.0 Å². The minimum Gasteiger partial charge on any atom is -0.263 e. The van der Waals surface area contributed by atoms with Crippen molar-refractivity contribution in [2.75, 3.05) is 6.61 Å². The summed E-state index contributed by atoms with van der Waals surface area (Å²) in [5.41, 5.74) is 3.97. The first-order valence-corrected chi connectivity index (χ1v) is 6.42. The molecule has 1 atom stereocenters. The first kappa shape index (κ1) is 14.7. The second-order valence-electron chi connectivity index (χ2n) is 3.78. The van der Waals surface area contributed by atoms with Gasteiger partial charge in [0.15, 0.2) is 6.61 Å². The number of benzene rings is 1. The smallest absolute Gasteiger partial charge is 0.263 e. The summed E-state index contributed by atoms with van der Waals surface area (Å²) in [7, 11) is 0. The average Bonchev–Trinajstić information content (AvgIpc) is 2.87. The van der Waals surface area contributed by atoms with E-state index in [1.54, 1.807) is 29.7 Å². The number of amides is 2. The SMILES string of the molecule is O=C(NOCC(F)(F)F)N1N=CSC1c1ccccc1. The van der Waals surface area contributed by atoms with E-state index in [0.29, 0.717) is 0 Å². The van der Waals surface area contributed by atoms with Crippen LogP contribution in [-0.2, 0) is 4.84 Å². The van der Waals surface area contributed by atoms with Crippen LogP contribution >= 0.6 is 11.8 Å². The number of halogens is 3. The van der Waals surface area contributed by atoms with Crippen LogP contribution in [0, 0.1) is 0 Å². The molecular weight excluding hydrogens is 295 g/mol. The molecule has 1 N–H and O–H groups in total. The fourth-order valence-electron chi connectivity index (χ4n) is 1.48. The molecule has 1 heterocycles. The van der Waals surface area contributed by atoms with Crippen LogP contribution in [0.3, 0.4) is 0 Å². The van der Waals surface area contributed by atoms with E-state index in [0.717, 1.165) is 10.6 Å². The first-order chi connectivity index (χ1) is 9.47. The predicted octanol–water partition coefficient (Wildman–Crippen LogP) is 2.88. The zero-order valence-corrected chi connectivity index (χ0v) is 10.8. The number of thioether (sulfide) groups is 1. The highest BCUT2D eigenvalue weighted by atomic mass is 32.2. The molecule has 20 heavy (non-hydrogen) atoms. The highest BCUT2D eigenvalue weighted by Gasteiger charge is 2.31. The van der Waals surface area contributed by atoms with Crippen molar-refractivity contribution in [1.29, 1.82) is 0 Å². The van der Waals surface area contributed by atoms with Gasteiger partial charge in [0.05, 0.1) is 5.55 Å². The molecule has 0 fully saturated rings. The maximum atomic E-state index is 11.9. The Hall–Kier alpha value is -1.74. The van der Waals surface area contributed by atoms with E-state index < -0.39 is 24.2 Å². The Morgan fingerprint density at radius 3 is 2.75 bits per heavy atom. The summed E-state index contributed by atoms with van der Waals surface area (Å²) in [4.78, 5) is 15.8. The molecular formula is C11H10F3N3O2S. The second-order valence-corrected chi connectivity index (χ2v) is 4.71. The van der Waals surface area contributed by atoms with Crippen molar-refractivity contribution in [1.82, 2.24) is 10.5 Å². The molecule has 0 saturated heterocycles. The molecule has 0 bridgehead atoms. The van der Waals surface area contributed by atoms with Gasteiger partial charge in [-0.15, -0.1) is 0 Å². The van der Waals surface area contributed by atoms with E-state index in [1.165, 1.54) is 17.3 Å². The Morgan fingerprint density at radius 2 is 2.10 bits per heavy atom. The minimum absolute atomic E-state index is 0.425. The third-order valence-electron chi connectivity index (χ3n) is 2.27. The van der Waals surface area contributed by atoms with Crippen molar-refractivity contribution in [2.24, 2.45) is 5.10 Å². The fourth-order valence-corrected chi connectivity index (χ4v) is 2.33. The van der Waals surface area contributed by atoms with E-state index in [4.69, 9.17) is 0 Å². The summed E-state index contributed by atoms with van der Waals surface area (Å²) in [5, 5.41) is 4.41. The van der Waals surface area contributed by atoms with E-state index in [-0.39, 0.29) is 0 Å². The lowest BCUT2D eigenvalue weighted by Gasteiger charge is -2.21. The van der Waals surface area contributed by atoms with Crippen LogP contribution in [0.2, 0.25) is 0 Å². The Kier molecular flexibility index (Phi) is 4.50. The van der Waals surface area contributed by atoms with Gasteiger partial charge < -0.3 is 0 Å². The maximum absolute atomic E-state index is 11.9. The number of alkyl halides is 3. The van der Waals surface area contributed by atoms with Crippen molar-refractivity contribution in [3.8, 4) is 0 Å². The fraction of sp³-hybridized carbons (Fsp3) is 0.273. The molecule has 2 amide bonds. The molecule has 0 saturated carbocycles. The number of hydroxylamine groups is 1. The quantitative estimate of drug-likeness (QED) is 0.874. The van der Waals surface area contributed by atoms with Gasteiger partial charge in [-0.2, -0.15) is 23.3 Å². The Morgan fingerprint density at radius 1 is 1.40 bits per heavy atom. The number of hydrogen-bond donors (Lipinski definition) is 1. The standard InChI is InChI=1S/C11H10F3N3O2S/c12-11(13,14)6-19-16-10(18)17-9(20-7-15-17)8-4-2-1-3-5-8/h1-5,7,9H,6H2,(H,16,18). The van der Waals surface area contributed by atoms with Gasteiger partial charge in [-0.3, -0.25) is 4.84 Å². The molecule has 9 heteroatoms. The molecule has 2 rings (SSSR count). The van der Waals surface area contributed by atoms with Crippen LogP contribution in [0.25, 0.3) is 0 Å². The summed E-state index contributed by atoms with van der Waals surface area (Å²) in [6.45, 7) is -1.56. The van der Waals surface area contributed by atoms with E-state index >= 15 is 0 Å². The van der Waals surface area contributed by atoms with Crippen molar-refractivity contribution >= 4 is 23.3 Å². The van der Waals surface area contributed by atoms with Crippen LogP contribution in [0.4, 0.5) is 18.0 Å². The molecule has 0 spiro atoms. The zero-order valence-electron chi connectivity index (χ0n) is 10.0. The topological polar surface area (TPSA) is 53.9 Å². The van der Waals surface area contributed by atoms with Gasteiger partial charge in [0.2, 0.25) is 0 Å². The summed E-state index contributed by atoms with van der Waals surface area (Å²) in [6.07, 6.45) is -4.50. The largest absolute Gasteiger partial charge is 0.414 e. The van der Waals surface area contributed by atoms with Gasteiger partial charge in [0.25, 0.3) is 0 Å². The molecule has 1 aromatic rings. The van der Waals surface area contributed by atoms with Gasteiger partial charge in [-0.05, 0) is 5.56 Å². The zero-order chi connectivity index (χ0) is 14.6. The normalized spacial score (nSPS) is 18.4. The lowest BCUT2D eigenvalue weighted by Crippen LogP contribution is -2.38. The lowest BCUT2D eigenvalue weighted by molar-refractivity contribution is -0.184. The minimum atomic E-state index is -4.50. The molecule has 1 unspecified atom stereocenters. The lowest BCUT2D eigenvalue weighted by atomic mass is 10.2. The molecule has 108 valence electrons. The summed E-state index contributed by atoms with van der Waals surface area (Å²) in [5.74, 6) is 0. The third kappa shape index (κ3) is 3.87. The molecule has 0 aliphatic carbocycles. The van der Waals surface area contributed by atoms with Gasteiger partial charge in [0.1, 0.15) is 5.37 Å². The van der Waals surface area contributed by atoms with Gasteiger partial charge >= 0.3 is 12.2 Å². The number of nitrogens with zero attached hydrogens (tertiary/aromatic N) is 2. The van der Waals surface area contributed by atoms with Gasteiger partial charge in [-0.1, -0.05) is 42.1 Å². The van der Waals surface area contributed by atoms with E-state index in [1.807, 2.05) is 6.07 Å². The molecule has 1 aliphatic heterocycles. The molecule has 5 nitrogen and oxygen atoms in total. The maximum Gasteiger partial charge on any atom is 0.414 e. The van der Waals surface area contributed by atoms with Gasteiger partial charge in [-0.25, -0.2) is 10.3 Å². The summed E-state index contributed by atoms with van der Waals surface area (Å²) in [6, 6.07) is 8.15. The number of carbonyl (C=O) groups is 1. The highest BCUT2D eigenvalue weighted by Crippen LogP contribution is 2.35. The monoisotopic (exact) mass is 305 g/mol. The summed E-state index contributed by atoms with van der Waals surface area (Å²) < 4.78 is 35.7. The molecule has 0 aromatic heterocycles. The Bertz CT molecular complexity index is 495. The highest BCUT2D eigenvalue weighted by molar-refractivity contribution is 8.12. The van der Waals surface area contributed by atoms with Crippen molar-refractivity contribution in [3.05, 3.63) is 35.9 Å². The number of carbonyl (C=O) groups excluding carboxylic acids is 1. The molecule has 1 aliphatic rings. The number of hydrazone groups is 1. The average molecular weight is 305 g/mol. The Labute approximate surface area is 116 Å². The second kappa shape index (κ2) is 6.14. The first-order valence-electron chi connectivity index (χ1n) is 5.48. The van der Waals surface area contributed by atoms with Crippen LogP contribution in [0.1, 0.15) is 10.9 Å². The predicted molar refractivity (Wildman–Crippen MR) is 67.6 cm³/mol. The van der Waals surface area contributed by atoms with Crippen LogP contribution in [-0.4, -0.2) is 29.4 Å². The van der Waals surface area contributed by atoms with Gasteiger partial charge in [0, 0.05) is 0 Å². The number of nitrogens with one attached hydrogen (secondary N) is 1. The van der Waals surface area contributed by atoms with E-state index in [2.05, 4.69) is 9.94 Å². The third-order valence-corrected chi connectivity index (χ3v) is 3.22. The van der Waals surface area contributed by atoms with Crippen molar-refractivity contribution in [3.63, 3.8) is 0 Å². The molecule has 1 aromatic carbocycles. The number of urea groups is 1. The number of rotatable bonds is 3. The van der Waals surface area contributed by atoms with Crippen LogP contribution < -0.4 is 5.48 Å².